The molecular weight excluding hydrogens is 352 g/mol. The summed E-state index contributed by atoms with van der Waals surface area (Å²) in [5.41, 5.74) is 1.96. The van der Waals surface area contributed by atoms with Crippen LogP contribution in [0, 0.1) is 0 Å². The van der Waals surface area contributed by atoms with Gasteiger partial charge in [-0.1, -0.05) is 36.4 Å². The highest BCUT2D eigenvalue weighted by atomic mass is 16.1. The van der Waals surface area contributed by atoms with Gasteiger partial charge in [0.05, 0.1) is 12.2 Å². The van der Waals surface area contributed by atoms with E-state index in [9.17, 15) is 4.79 Å². The molecule has 0 aliphatic heterocycles. The summed E-state index contributed by atoms with van der Waals surface area (Å²) in [5.74, 6) is 0.873. The SMILES string of the molecule is CN(C)CCNc1cc(C(=O)NCc2ccccn2)nc(-c2ccccc2)n1. The van der Waals surface area contributed by atoms with E-state index in [2.05, 4.69) is 30.5 Å². The molecule has 3 rings (SSSR count). The summed E-state index contributed by atoms with van der Waals surface area (Å²) in [5, 5.41) is 6.14. The van der Waals surface area contributed by atoms with E-state index >= 15 is 0 Å². The van der Waals surface area contributed by atoms with E-state index < -0.39 is 0 Å². The fraction of sp³-hybridized carbons (Fsp3) is 0.238. The zero-order valence-corrected chi connectivity index (χ0v) is 16.1. The highest BCUT2D eigenvalue weighted by molar-refractivity contribution is 5.93. The Hall–Kier alpha value is -3.32. The van der Waals surface area contributed by atoms with Crippen LogP contribution in [0.5, 0.6) is 0 Å². The van der Waals surface area contributed by atoms with Gasteiger partial charge in [-0.2, -0.15) is 0 Å². The minimum Gasteiger partial charge on any atom is -0.369 e. The molecule has 0 aliphatic carbocycles. The molecule has 28 heavy (non-hydrogen) atoms. The van der Waals surface area contributed by atoms with Crippen molar-refractivity contribution in [2.45, 2.75) is 6.54 Å². The van der Waals surface area contributed by atoms with E-state index in [0.29, 0.717) is 30.4 Å². The number of carbonyl (C=O) groups excluding carboxylic acids is 1. The van der Waals surface area contributed by atoms with Crippen molar-refractivity contribution in [1.82, 2.24) is 25.2 Å². The minimum atomic E-state index is -0.263. The Morgan fingerprint density at radius 2 is 1.82 bits per heavy atom. The first-order valence-corrected chi connectivity index (χ1v) is 9.13. The first kappa shape index (κ1) is 19.4. The van der Waals surface area contributed by atoms with Crippen LogP contribution in [0.2, 0.25) is 0 Å². The Labute approximate surface area is 164 Å². The summed E-state index contributed by atoms with van der Waals surface area (Å²) in [6, 6.07) is 16.9. The van der Waals surface area contributed by atoms with E-state index in [-0.39, 0.29) is 5.91 Å². The third-order valence-corrected chi connectivity index (χ3v) is 4.01. The zero-order chi connectivity index (χ0) is 19.8. The molecule has 0 unspecified atom stereocenters. The molecule has 144 valence electrons. The van der Waals surface area contributed by atoms with Gasteiger partial charge >= 0.3 is 0 Å². The third-order valence-electron chi connectivity index (χ3n) is 4.01. The minimum absolute atomic E-state index is 0.263. The smallest absolute Gasteiger partial charge is 0.270 e. The predicted molar refractivity (Wildman–Crippen MR) is 110 cm³/mol. The fourth-order valence-electron chi connectivity index (χ4n) is 2.54. The first-order valence-electron chi connectivity index (χ1n) is 9.13. The molecular formula is C21H24N6O. The Morgan fingerprint density at radius 3 is 2.54 bits per heavy atom. The van der Waals surface area contributed by atoms with Gasteiger partial charge in [-0.15, -0.1) is 0 Å². The summed E-state index contributed by atoms with van der Waals surface area (Å²) in [6.45, 7) is 1.91. The number of nitrogens with zero attached hydrogens (tertiary/aromatic N) is 4. The van der Waals surface area contributed by atoms with Crippen molar-refractivity contribution in [2.24, 2.45) is 0 Å². The topological polar surface area (TPSA) is 83.0 Å². The number of carbonyl (C=O) groups is 1. The van der Waals surface area contributed by atoms with Gasteiger partial charge in [-0.3, -0.25) is 9.78 Å². The van der Waals surface area contributed by atoms with Crippen molar-refractivity contribution in [3.8, 4) is 11.4 Å². The number of hydrogen-bond donors (Lipinski definition) is 2. The average Bonchev–Trinajstić information content (AvgIpc) is 2.73. The maximum Gasteiger partial charge on any atom is 0.270 e. The summed E-state index contributed by atoms with van der Waals surface area (Å²) in [4.78, 5) is 28.0. The van der Waals surface area contributed by atoms with Crippen LogP contribution in [0.1, 0.15) is 16.2 Å². The molecule has 0 spiro atoms. The van der Waals surface area contributed by atoms with Gasteiger partial charge in [0.15, 0.2) is 5.82 Å². The number of aromatic nitrogens is 3. The number of rotatable bonds is 8. The Kier molecular flexibility index (Phi) is 6.64. The van der Waals surface area contributed by atoms with Crippen molar-refractivity contribution in [3.63, 3.8) is 0 Å². The van der Waals surface area contributed by atoms with E-state index in [1.165, 1.54) is 0 Å². The first-order chi connectivity index (χ1) is 13.6. The molecule has 0 saturated heterocycles. The second kappa shape index (κ2) is 9.57. The molecule has 3 aromatic rings. The lowest BCUT2D eigenvalue weighted by Crippen LogP contribution is -2.25. The van der Waals surface area contributed by atoms with Crippen molar-refractivity contribution in [2.75, 3.05) is 32.5 Å². The number of pyridine rings is 1. The molecule has 2 heterocycles. The van der Waals surface area contributed by atoms with Gasteiger partial charge < -0.3 is 15.5 Å². The van der Waals surface area contributed by atoms with Crippen LogP contribution in [0.4, 0.5) is 5.82 Å². The number of anilines is 1. The molecule has 2 aromatic heterocycles. The summed E-state index contributed by atoms with van der Waals surface area (Å²) >= 11 is 0. The van der Waals surface area contributed by atoms with Gasteiger partial charge in [-0.05, 0) is 26.2 Å². The molecule has 0 atom stereocenters. The summed E-state index contributed by atoms with van der Waals surface area (Å²) in [7, 11) is 4.01. The number of nitrogens with one attached hydrogen (secondary N) is 2. The number of hydrogen-bond acceptors (Lipinski definition) is 6. The van der Waals surface area contributed by atoms with Crippen LogP contribution in [0.3, 0.4) is 0 Å². The lowest BCUT2D eigenvalue weighted by atomic mass is 10.2. The lowest BCUT2D eigenvalue weighted by molar-refractivity contribution is 0.0945. The molecule has 2 N–H and O–H groups in total. The number of benzene rings is 1. The maximum absolute atomic E-state index is 12.7. The van der Waals surface area contributed by atoms with Gasteiger partial charge in [0.2, 0.25) is 0 Å². The molecule has 0 bridgehead atoms. The maximum atomic E-state index is 12.7. The standard InChI is InChI=1S/C21H24N6O/c1-27(2)13-12-23-19-14-18(21(28)24-15-17-10-6-7-11-22-17)25-20(26-19)16-8-4-3-5-9-16/h3-11,14H,12-13,15H2,1-2H3,(H,24,28)(H,23,25,26). The molecule has 1 aromatic carbocycles. The van der Waals surface area contributed by atoms with E-state index in [1.54, 1.807) is 12.3 Å². The van der Waals surface area contributed by atoms with Crippen LogP contribution >= 0.6 is 0 Å². The van der Waals surface area contributed by atoms with Crippen LogP contribution in [0.25, 0.3) is 11.4 Å². The lowest BCUT2D eigenvalue weighted by Gasteiger charge is -2.13. The van der Waals surface area contributed by atoms with Gasteiger partial charge in [-0.25, -0.2) is 9.97 Å². The van der Waals surface area contributed by atoms with Crippen LogP contribution < -0.4 is 10.6 Å². The fourth-order valence-corrected chi connectivity index (χ4v) is 2.54. The van der Waals surface area contributed by atoms with Crippen LogP contribution in [-0.4, -0.2) is 52.9 Å². The second-order valence-corrected chi connectivity index (χ2v) is 6.56. The van der Waals surface area contributed by atoms with Crippen molar-refractivity contribution in [1.29, 1.82) is 0 Å². The Balaban J connectivity index is 1.80. The van der Waals surface area contributed by atoms with E-state index in [4.69, 9.17) is 0 Å². The van der Waals surface area contributed by atoms with Crippen molar-refractivity contribution < 1.29 is 4.79 Å². The quantitative estimate of drug-likeness (QED) is 0.628. The Morgan fingerprint density at radius 1 is 1.04 bits per heavy atom. The molecule has 7 heteroatoms. The molecule has 1 amide bonds. The van der Waals surface area contributed by atoms with E-state index in [0.717, 1.165) is 17.8 Å². The predicted octanol–water partition coefficient (Wildman–Crippen LogP) is 2.44. The highest BCUT2D eigenvalue weighted by Crippen LogP contribution is 2.18. The summed E-state index contributed by atoms with van der Waals surface area (Å²) in [6.07, 6.45) is 1.70. The number of likely N-dealkylation sites (N-methyl/N-ethyl adjacent to an activating group) is 1. The highest BCUT2D eigenvalue weighted by Gasteiger charge is 2.13. The third kappa shape index (κ3) is 5.59. The van der Waals surface area contributed by atoms with Gasteiger partial charge in [0.1, 0.15) is 11.5 Å². The monoisotopic (exact) mass is 376 g/mol. The van der Waals surface area contributed by atoms with Crippen molar-refractivity contribution >= 4 is 11.7 Å². The average molecular weight is 376 g/mol. The molecule has 0 fully saturated rings. The molecule has 0 aliphatic rings. The van der Waals surface area contributed by atoms with Crippen LogP contribution in [-0.2, 0) is 6.54 Å². The summed E-state index contributed by atoms with van der Waals surface area (Å²) < 4.78 is 0. The zero-order valence-electron chi connectivity index (χ0n) is 16.1. The normalized spacial score (nSPS) is 10.7. The molecule has 0 radical (unpaired) electrons. The van der Waals surface area contributed by atoms with Crippen LogP contribution in [0.15, 0.2) is 60.8 Å². The molecule has 0 saturated carbocycles. The van der Waals surface area contributed by atoms with E-state index in [1.807, 2.05) is 62.6 Å². The molecule has 7 nitrogen and oxygen atoms in total. The second-order valence-electron chi connectivity index (χ2n) is 6.56. The number of amides is 1. The van der Waals surface area contributed by atoms with Crippen molar-refractivity contribution in [3.05, 3.63) is 72.2 Å². The largest absolute Gasteiger partial charge is 0.369 e. The van der Waals surface area contributed by atoms with Gasteiger partial charge in [0.25, 0.3) is 5.91 Å². The van der Waals surface area contributed by atoms with Gasteiger partial charge in [0, 0.05) is 30.9 Å². The Bertz CT molecular complexity index is 899.